The van der Waals surface area contributed by atoms with E-state index in [4.69, 9.17) is 0 Å². The molecule has 0 bridgehead atoms. The average Bonchev–Trinajstić information content (AvgIpc) is 2.92. The molecule has 1 aromatic carbocycles. The number of carbonyl (C=O) groups excluding carboxylic acids is 1. The number of nitrogens with one attached hydrogen (secondary N) is 1. The Bertz CT molecular complexity index is 528. The Kier molecular flexibility index (Phi) is 4.91. The lowest BCUT2D eigenvalue weighted by molar-refractivity contribution is -0.120. The molecule has 0 aliphatic carbocycles. The predicted molar refractivity (Wildman–Crippen MR) is 74.0 cm³/mol. The molecular weight excluding hydrogens is 262 g/mol. The van der Waals surface area contributed by atoms with Crippen molar-refractivity contribution in [3.8, 4) is 5.69 Å². The number of carbonyl (C=O) groups is 1. The number of tetrazole rings is 1. The van der Waals surface area contributed by atoms with Gasteiger partial charge in [-0.05, 0) is 22.6 Å². The fourth-order valence-electron chi connectivity index (χ4n) is 1.52. The Labute approximate surface area is 115 Å². The van der Waals surface area contributed by atoms with Crippen LogP contribution in [0.25, 0.3) is 5.69 Å². The van der Waals surface area contributed by atoms with Gasteiger partial charge in [-0.15, -0.1) is 5.10 Å². The van der Waals surface area contributed by atoms with Crippen molar-refractivity contribution in [2.24, 2.45) is 0 Å². The summed E-state index contributed by atoms with van der Waals surface area (Å²) < 4.78 is 1.72. The van der Waals surface area contributed by atoms with Crippen LogP contribution in [0.1, 0.15) is 12.2 Å². The van der Waals surface area contributed by atoms with Crippen molar-refractivity contribution in [3.05, 3.63) is 36.2 Å². The minimum absolute atomic E-state index is 0.0511. The van der Waals surface area contributed by atoms with E-state index < -0.39 is 0 Å². The van der Waals surface area contributed by atoms with E-state index in [2.05, 4.69) is 20.8 Å². The summed E-state index contributed by atoms with van der Waals surface area (Å²) in [6.45, 7) is 0. The Hall–Kier alpha value is -1.89. The highest BCUT2D eigenvalue weighted by atomic mass is 32.2. The summed E-state index contributed by atoms with van der Waals surface area (Å²) in [7, 11) is 1.64. The van der Waals surface area contributed by atoms with Gasteiger partial charge in [0, 0.05) is 19.2 Å². The van der Waals surface area contributed by atoms with Crippen molar-refractivity contribution in [1.29, 1.82) is 0 Å². The SMILES string of the molecule is CNC(=O)CCSCc1nnnn1-c1ccccc1. The molecule has 1 N–H and O–H groups in total. The third-order valence-corrected chi connectivity index (χ3v) is 3.47. The van der Waals surface area contributed by atoms with Crippen LogP contribution in [0.3, 0.4) is 0 Å². The molecule has 0 radical (unpaired) electrons. The molecule has 100 valence electrons. The van der Waals surface area contributed by atoms with Crippen molar-refractivity contribution in [2.45, 2.75) is 12.2 Å². The smallest absolute Gasteiger partial charge is 0.220 e. The molecule has 0 spiro atoms. The van der Waals surface area contributed by atoms with Crippen LogP contribution in [0.4, 0.5) is 0 Å². The van der Waals surface area contributed by atoms with Gasteiger partial charge in [0.1, 0.15) is 0 Å². The zero-order valence-electron chi connectivity index (χ0n) is 10.6. The zero-order valence-corrected chi connectivity index (χ0v) is 11.4. The monoisotopic (exact) mass is 277 g/mol. The van der Waals surface area contributed by atoms with E-state index in [1.807, 2.05) is 30.3 Å². The molecule has 2 aromatic rings. The number of thioether (sulfide) groups is 1. The summed E-state index contributed by atoms with van der Waals surface area (Å²) in [5.74, 6) is 2.27. The lowest BCUT2D eigenvalue weighted by Gasteiger charge is -2.04. The first kappa shape index (κ1) is 13.5. The van der Waals surface area contributed by atoms with E-state index in [0.29, 0.717) is 12.2 Å². The molecule has 2 rings (SSSR count). The predicted octanol–water partition coefficient (Wildman–Crippen LogP) is 1.03. The molecule has 6 nitrogen and oxygen atoms in total. The number of amides is 1. The molecule has 1 aromatic heterocycles. The maximum absolute atomic E-state index is 11.1. The van der Waals surface area contributed by atoms with Crippen LogP contribution in [-0.4, -0.2) is 38.9 Å². The maximum atomic E-state index is 11.1. The van der Waals surface area contributed by atoms with Crippen LogP contribution in [0.5, 0.6) is 0 Å². The highest BCUT2D eigenvalue weighted by Gasteiger charge is 2.08. The number of benzene rings is 1. The number of para-hydroxylation sites is 1. The fraction of sp³-hybridized carbons (Fsp3) is 0.333. The van der Waals surface area contributed by atoms with Crippen LogP contribution in [0.2, 0.25) is 0 Å². The third-order valence-electron chi connectivity index (χ3n) is 2.52. The van der Waals surface area contributed by atoms with Gasteiger partial charge in [-0.3, -0.25) is 4.79 Å². The van der Waals surface area contributed by atoms with Gasteiger partial charge in [0.05, 0.1) is 11.4 Å². The van der Waals surface area contributed by atoms with Crippen LogP contribution < -0.4 is 5.32 Å². The summed E-state index contributed by atoms with van der Waals surface area (Å²) in [4.78, 5) is 11.1. The van der Waals surface area contributed by atoms with Crippen LogP contribution in [0, 0.1) is 0 Å². The van der Waals surface area contributed by atoms with Gasteiger partial charge in [0.2, 0.25) is 5.91 Å². The van der Waals surface area contributed by atoms with Crippen molar-refractivity contribution in [2.75, 3.05) is 12.8 Å². The van der Waals surface area contributed by atoms with Crippen molar-refractivity contribution in [3.63, 3.8) is 0 Å². The molecule has 0 fully saturated rings. The van der Waals surface area contributed by atoms with Gasteiger partial charge in [0.15, 0.2) is 5.82 Å². The van der Waals surface area contributed by atoms with Gasteiger partial charge in [-0.25, -0.2) is 0 Å². The van der Waals surface area contributed by atoms with Crippen molar-refractivity contribution < 1.29 is 4.79 Å². The van der Waals surface area contributed by atoms with Gasteiger partial charge in [0.25, 0.3) is 0 Å². The second-order valence-electron chi connectivity index (χ2n) is 3.82. The summed E-state index contributed by atoms with van der Waals surface area (Å²) in [5.41, 5.74) is 0.939. The normalized spacial score (nSPS) is 10.4. The van der Waals surface area contributed by atoms with E-state index in [1.54, 1.807) is 23.5 Å². The molecular formula is C12H15N5OS. The van der Waals surface area contributed by atoms with Gasteiger partial charge < -0.3 is 5.32 Å². The van der Waals surface area contributed by atoms with Crippen LogP contribution in [-0.2, 0) is 10.5 Å². The lowest BCUT2D eigenvalue weighted by Crippen LogP contribution is -2.17. The minimum Gasteiger partial charge on any atom is -0.359 e. The van der Waals surface area contributed by atoms with Gasteiger partial charge >= 0.3 is 0 Å². The molecule has 0 saturated heterocycles. The molecule has 0 unspecified atom stereocenters. The highest BCUT2D eigenvalue weighted by Crippen LogP contribution is 2.13. The number of nitrogens with zero attached hydrogens (tertiary/aromatic N) is 4. The molecule has 0 aliphatic heterocycles. The Morgan fingerprint density at radius 3 is 2.89 bits per heavy atom. The summed E-state index contributed by atoms with van der Waals surface area (Å²) >= 11 is 1.64. The Balaban J connectivity index is 1.92. The summed E-state index contributed by atoms with van der Waals surface area (Å²) in [6.07, 6.45) is 0.508. The summed E-state index contributed by atoms with van der Waals surface area (Å²) in [6, 6.07) is 9.74. The number of aromatic nitrogens is 4. The van der Waals surface area contributed by atoms with Crippen molar-refractivity contribution in [1.82, 2.24) is 25.5 Å². The van der Waals surface area contributed by atoms with Gasteiger partial charge in [-0.2, -0.15) is 16.4 Å². The molecule has 19 heavy (non-hydrogen) atoms. The van der Waals surface area contributed by atoms with Crippen molar-refractivity contribution >= 4 is 17.7 Å². The van der Waals surface area contributed by atoms with E-state index >= 15 is 0 Å². The molecule has 1 amide bonds. The second kappa shape index (κ2) is 6.89. The standard InChI is InChI=1S/C12H15N5OS/c1-13-12(18)7-8-19-9-11-14-15-16-17(11)10-5-3-2-4-6-10/h2-6H,7-9H2,1H3,(H,13,18). The van der Waals surface area contributed by atoms with E-state index in [1.165, 1.54) is 0 Å². The highest BCUT2D eigenvalue weighted by molar-refractivity contribution is 7.98. The van der Waals surface area contributed by atoms with Gasteiger partial charge in [-0.1, -0.05) is 18.2 Å². The number of rotatable bonds is 6. The first-order valence-electron chi connectivity index (χ1n) is 5.92. The Morgan fingerprint density at radius 2 is 2.16 bits per heavy atom. The topological polar surface area (TPSA) is 72.7 Å². The zero-order chi connectivity index (χ0) is 13.5. The number of hydrogen-bond donors (Lipinski definition) is 1. The fourth-order valence-corrected chi connectivity index (χ4v) is 2.36. The van der Waals surface area contributed by atoms with E-state index in [9.17, 15) is 4.79 Å². The summed E-state index contributed by atoms with van der Waals surface area (Å²) in [5, 5.41) is 14.3. The quantitative estimate of drug-likeness (QED) is 0.798. The molecule has 0 saturated carbocycles. The largest absolute Gasteiger partial charge is 0.359 e. The van der Waals surface area contributed by atoms with E-state index in [0.717, 1.165) is 17.3 Å². The first-order valence-corrected chi connectivity index (χ1v) is 7.07. The lowest BCUT2D eigenvalue weighted by atomic mass is 10.3. The maximum Gasteiger partial charge on any atom is 0.220 e. The van der Waals surface area contributed by atoms with Crippen LogP contribution >= 0.6 is 11.8 Å². The third kappa shape index (κ3) is 3.78. The van der Waals surface area contributed by atoms with E-state index in [-0.39, 0.29) is 5.91 Å². The number of hydrogen-bond acceptors (Lipinski definition) is 5. The molecule has 1 heterocycles. The first-order chi connectivity index (χ1) is 9.31. The minimum atomic E-state index is 0.0511. The molecule has 0 atom stereocenters. The Morgan fingerprint density at radius 1 is 1.37 bits per heavy atom. The second-order valence-corrected chi connectivity index (χ2v) is 4.92. The molecule has 0 aliphatic rings. The average molecular weight is 277 g/mol. The van der Waals surface area contributed by atoms with Crippen LogP contribution in [0.15, 0.2) is 30.3 Å². The molecule has 7 heteroatoms.